The zero-order valence-electron chi connectivity index (χ0n) is 9.16. The molecule has 0 saturated carbocycles. The van der Waals surface area contributed by atoms with Crippen molar-refractivity contribution in [2.75, 3.05) is 13.1 Å². The van der Waals surface area contributed by atoms with Crippen LogP contribution in [0.2, 0.25) is 0 Å². The molecule has 0 bridgehead atoms. The van der Waals surface area contributed by atoms with Gasteiger partial charge in [0.25, 0.3) is 0 Å². The molecule has 0 spiro atoms. The Balaban J connectivity index is -0.000000605. The first kappa shape index (κ1) is 20.3. The number of rotatable bonds is 6. The topological polar surface area (TPSA) is 31.7 Å². The number of hydrogen-bond donors (Lipinski definition) is 1. The van der Waals surface area contributed by atoms with Crippen LogP contribution in [-0.4, -0.2) is 22.3 Å². The van der Waals surface area contributed by atoms with Gasteiger partial charge in [-0.3, -0.25) is 0 Å². The summed E-state index contributed by atoms with van der Waals surface area (Å²) < 4.78 is 0.747. The van der Waals surface area contributed by atoms with Gasteiger partial charge in [0, 0.05) is 13.1 Å². The van der Waals surface area contributed by atoms with Gasteiger partial charge in [-0.15, -0.1) is 12.6 Å². The Morgan fingerprint density at radius 3 is 1.71 bits per heavy atom. The maximum Gasteiger partial charge on any atom is 2.00 e. The van der Waals surface area contributed by atoms with Crippen molar-refractivity contribution in [1.29, 1.82) is 0 Å². The second-order valence-corrected chi connectivity index (χ2v) is 4.09. The van der Waals surface area contributed by atoms with Crippen LogP contribution < -0.4 is 0 Å². The van der Waals surface area contributed by atoms with Crippen molar-refractivity contribution in [3.8, 4) is 0 Å². The minimum absolute atomic E-state index is 0. The molecule has 0 heterocycles. The Morgan fingerprint density at radius 2 is 1.50 bits per heavy atom. The van der Waals surface area contributed by atoms with Gasteiger partial charge in [-0.05, 0) is 12.8 Å². The minimum atomic E-state index is 0. The molecule has 0 saturated heterocycles. The van der Waals surface area contributed by atoms with Crippen LogP contribution in [0.3, 0.4) is 0 Å². The van der Waals surface area contributed by atoms with Crippen molar-refractivity contribution >= 4 is 29.2 Å². The molecule has 0 N–H and O–H groups in total. The van der Waals surface area contributed by atoms with Gasteiger partial charge in [0.15, 0.2) is 0 Å². The van der Waals surface area contributed by atoms with Gasteiger partial charge in [-0.2, -0.15) is 0 Å². The summed E-state index contributed by atoms with van der Waals surface area (Å²) in [5.41, 5.74) is 0. The van der Waals surface area contributed by atoms with Gasteiger partial charge in [-0.25, -0.2) is 0 Å². The summed E-state index contributed by atoms with van der Waals surface area (Å²) in [7, 11) is 0. The third kappa shape index (κ3) is 10.9. The molecule has 0 radical (unpaired) electrons. The molecule has 0 aromatic heterocycles. The van der Waals surface area contributed by atoms with Gasteiger partial charge < -0.3 is 10.4 Å². The standard InChI is InChI=1S/C9H19NS2.O.Zn/c1-3-5-7-10(9(11)12)8-6-4-2;;/h3-8H2,1-2H3,(H,11,12);;/q;-2;+2. The zero-order chi connectivity index (χ0) is 9.40. The van der Waals surface area contributed by atoms with Crippen molar-refractivity contribution in [1.82, 2.24) is 4.90 Å². The molecular weight excluding hydrogens is 268 g/mol. The molecule has 0 amide bonds. The first-order chi connectivity index (χ1) is 5.72. The van der Waals surface area contributed by atoms with Crippen LogP contribution in [0.5, 0.6) is 0 Å². The van der Waals surface area contributed by atoms with Crippen LogP contribution in [0.15, 0.2) is 0 Å². The summed E-state index contributed by atoms with van der Waals surface area (Å²) >= 11 is 9.23. The van der Waals surface area contributed by atoms with Crippen molar-refractivity contribution < 1.29 is 25.0 Å². The van der Waals surface area contributed by atoms with Crippen LogP contribution in [0, 0.1) is 0 Å². The summed E-state index contributed by atoms with van der Waals surface area (Å²) in [6.07, 6.45) is 4.87. The molecule has 2 nitrogen and oxygen atoms in total. The van der Waals surface area contributed by atoms with E-state index < -0.39 is 0 Å². The van der Waals surface area contributed by atoms with E-state index in [2.05, 4.69) is 31.4 Å². The predicted molar refractivity (Wildman–Crippen MR) is 63.7 cm³/mol. The van der Waals surface area contributed by atoms with E-state index in [1.165, 1.54) is 25.7 Å². The van der Waals surface area contributed by atoms with Crippen LogP contribution >= 0.6 is 24.8 Å². The molecule has 0 aromatic rings. The molecule has 14 heavy (non-hydrogen) atoms. The van der Waals surface area contributed by atoms with Gasteiger partial charge >= 0.3 is 19.5 Å². The number of nitrogens with zero attached hydrogens (tertiary/aromatic N) is 1. The molecule has 0 aliphatic carbocycles. The molecule has 5 heteroatoms. The van der Waals surface area contributed by atoms with Crippen LogP contribution in [0.1, 0.15) is 39.5 Å². The minimum Gasteiger partial charge on any atom is -2.00 e. The predicted octanol–water partition coefficient (Wildman–Crippen LogP) is 2.98. The summed E-state index contributed by atoms with van der Waals surface area (Å²) in [5, 5.41) is 0. The van der Waals surface area contributed by atoms with Crippen molar-refractivity contribution in [3.05, 3.63) is 0 Å². The molecule has 0 unspecified atom stereocenters. The summed E-state index contributed by atoms with van der Waals surface area (Å²) in [4.78, 5) is 2.19. The van der Waals surface area contributed by atoms with E-state index in [9.17, 15) is 0 Å². The SMILES string of the molecule is CCCCN(CCCC)C(=S)S.[O-2].[Zn+2]. The normalized spacial score (nSPS) is 8.50. The fourth-order valence-electron chi connectivity index (χ4n) is 1.00. The Hall–Kier alpha value is 0.823. The van der Waals surface area contributed by atoms with Crippen molar-refractivity contribution in [2.24, 2.45) is 0 Å². The van der Waals surface area contributed by atoms with E-state index in [0.29, 0.717) is 0 Å². The zero-order valence-corrected chi connectivity index (χ0v) is 13.8. The van der Waals surface area contributed by atoms with E-state index in [1.807, 2.05) is 0 Å². The second-order valence-electron chi connectivity index (χ2n) is 2.98. The summed E-state index contributed by atoms with van der Waals surface area (Å²) in [6.45, 7) is 6.52. The Labute approximate surface area is 111 Å². The van der Waals surface area contributed by atoms with Gasteiger partial charge in [0.2, 0.25) is 0 Å². The molecule has 0 fully saturated rings. The third-order valence-electron chi connectivity index (χ3n) is 1.83. The second kappa shape index (κ2) is 13.8. The monoisotopic (exact) mass is 285 g/mol. The van der Waals surface area contributed by atoms with E-state index in [-0.39, 0.29) is 25.0 Å². The molecule has 80 valence electrons. The Bertz CT molecular complexity index is 128. The molecule has 0 aliphatic heterocycles. The van der Waals surface area contributed by atoms with Gasteiger partial charge in [0.05, 0.1) is 0 Å². The largest absolute Gasteiger partial charge is 2.00 e. The smallest absolute Gasteiger partial charge is 2.00 e. The number of unbranched alkanes of at least 4 members (excludes halogenated alkanes) is 2. The average molecular weight is 287 g/mol. The fourth-order valence-corrected chi connectivity index (χ4v) is 1.38. The fraction of sp³-hybridized carbons (Fsp3) is 0.889. The van der Waals surface area contributed by atoms with Crippen LogP contribution in [0.25, 0.3) is 0 Å². The maximum atomic E-state index is 5.03. The maximum absolute atomic E-state index is 5.03. The molecule has 0 aromatic carbocycles. The van der Waals surface area contributed by atoms with Gasteiger partial charge in [0.1, 0.15) is 4.32 Å². The van der Waals surface area contributed by atoms with E-state index >= 15 is 0 Å². The molecular formula is C9H19NOS2Zn. The van der Waals surface area contributed by atoms with Crippen molar-refractivity contribution in [3.63, 3.8) is 0 Å². The Morgan fingerprint density at radius 1 is 1.14 bits per heavy atom. The number of thiol groups is 1. The quantitative estimate of drug-likeness (QED) is 0.462. The average Bonchev–Trinajstić information content (AvgIpc) is 2.04. The van der Waals surface area contributed by atoms with Crippen molar-refractivity contribution in [2.45, 2.75) is 39.5 Å². The molecule has 0 atom stereocenters. The number of hydrogen-bond acceptors (Lipinski definition) is 1. The summed E-state index contributed by atoms with van der Waals surface area (Å²) in [6, 6.07) is 0. The van der Waals surface area contributed by atoms with Gasteiger partial charge in [-0.1, -0.05) is 38.9 Å². The summed E-state index contributed by atoms with van der Waals surface area (Å²) in [5.74, 6) is 0. The third-order valence-corrected chi connectivity index (χ3v) is 2.37. The molecule has 0 aliphatic rings. The molecule has 0 rings (SSSR count). The Kier molecular flexibility index (Phi) is 20.0. The van der Waals surface area contributed by atoms with E-state index in [4.69, 9.17) is 12.2 Å². The number of thiocarbonyl (C=S) groups is 1. The van der Waals surface area contributed by atoms with Crippen LogP contribution in [-0.2, 0) is 25.0 Å². The van der Waals surface area contributed by atoms with E-state index in [1.54, 1.807) is 0 Å². The first-order valence-electron chi connectivity index (χ1n) is 4.70. The van der Waals surface area contributed by atoms with Crippen LogP contribution in [0.4, 0.5) is 0 Å². The van der Waals surface area contributed by atoms with E-state index in [0.717, 1.165) is 17.4 Å². The first-order valence-corrected chi connectivity index (χ1v) is 5.55.